The number of hydrogen-bond donors (Lipinski definition) is 1. The third-order valence-electron chi connectivity index (χ3n) is 3.21. The van der Waals surface area contributed by atoms with Gasteiger partial charge in [0, 0.05) is 16.7 Å². The molecule has 0 heterocycles. The molecule has 0 amide bonds. The molecule has 1 aromatic rings. The Morgan fingerprint density at radius 1 is 1.29 bits per heavy atom. The number of benzene rings is 1. The molecule has 0 radical (unpaired) electrons. The number of nitrogens with one attached hydrogen (secondary N) is 1. The van der Waals surface area contributed by atoms with E-state index in [-0.39, 0.29) is 5.82 Å². The molecule has 3 heteroatoms. The maximum absolute atomic E-state index is 13.0. The van der Waals surface area contributed by atoms with E-state index < -0.39 is 0 Å². The second-order valence-electron chi connectivity index (χ2n) is 4.24. The van der Waals surface area contributed by atoms with E-state index in [2.05, 4.69) is 19.2 Å². The number of rotatable bonds is 7. The summed E-state index contributed by atoms with van der Waals surface area (Å²) in [4.78, 5) is 1.01. The van der Waals surface area contributed by atoms with Gasteiger partial charge in [-0.3, -0.25) is 0 Å². The van der Waals surface area contributed by atoms with Gasteiger partial charge < -0.3 is 5.32 Å². The van der Waals surface area contributed by atoms with Crippen LogP contribution >= 0.6 is 11.8 Å². The monoisotopic (exact) mass is 255 g/mol. The molecule has 0 saturated carbocycles. The Labute approximate surface area is 108 Å². The summed E-state index contributed by atoms with van der Waals surface area (Å²) < 4.78 is 13.0. The Bertz CT molecular complexity index is 326. The van der Waals surface area contributed by atoms with Crippen molar-refractivity contribution in [2.75, 3.05) is 12.8 Å². The van der Waals surface area contributed by atoms with Gasteiger partial charge in [-0.05, 0) is 31.2 Å². The van der Waals surface area contributed by atoms with E-state index in [9.17, 15) is 4.39 Å². The van der Waals surface area contributed by atoms with Crippen LogP contribution < -0.4 is 5.32 Å². The maximum Gasteiger partial charge on any atom is 0.124 e. The fourth-order valence-electron chi connectivity index (χ4n) is 2.06. The lowest BCUT2D eigenvalue weighted by Crippen LogP contribution is -2.35. The topological polar surface area (TPSA) is 12.0 Å². The second kappa shape index (κ2) is 7.72. The van der Waals surface area contributed by atoms with Crippen LogP contribution in [0.15, 0.2) is 29.2 Å². The van der Waals surface area contributed by atoms with E-state index >= 15 is 0 Å². The molecule has 0 fully saturated rings. The van der Waals surface area contributed by atoms with Crippen LogP contribution in [0, 0.1) is 11.7 Å². The molecule has 0 aliphatic carbocycles. The van der Waals surface area contributed by atoms with Gasteiger partial charge in [-0.2, -0.15) is 0 Å². The molecule has 1 aromatic carbocycles. The molecule has 1 unspecified atom stereocenters. The summed E-state index contributed by atoms with van der Waals surface area (Å²) in [6.45, 7) is 4.46. The quantitative estimate of drug-likeness (QED) is 0.741. The minimum Gasteiger partial charge on any atom is -0.316 e. The number of thioether (sulfide) groups is 1. The molecule has 1 rings (SSSR count). The lowest BCUT2D eigenvalue weighted by atomic mass is 9.96. The van der Waals surface area contributed by atoms with Crippen molar-refractivity contribution >= 4 is 11.8 Å². The Hall–Kier alpha value is -0.540. The van der Waals surface area contributed by atoms with Crippen molar-refractivity contribution in [2.24, 2.45) is 5.92 Å². The van der Waals surface area contributed by atoms with Gasteiger partial charge in [-0.15, -0.1) is 11.8 Å². The number of hydrogen-bond acceptors (Lipinski definition) is 2. The third-order valence-corrected chi connectivity index (χ3v) is 4.33. The summed E-state index contributed by atoms with van der Waals surface area (Å²) in [5, 5.41) is 3.37. The summed E-state index contributed by atoms with van der Waals surface area (Å²) in [7, 11) is 2.01. The molecule has 0 saturated heterocycles. The Kier molecular flexibility index (Phi) is 6.60. The molecule has 1 nitrogen and oxygen atoms in total. The fourth-order valence-corrected chi connectivity index (χ4v) is 3.24. The highest BCUT2D eigenvalue weighted by molar-refractivity contribution is 7.99. The minimum absolute atomic E-state index is 0.154. The zero-order valence-electron chi connectivity index (χ0n) is 10.9. The highest BCUT2D eigenvalue weighted by Gasteiger charge is 2.16. The molecular formula is C14H22FNS. The SMILES string of the molecule is CCC(CC)C(CSc1cccc(F)c1)NC. The summed E-state index contributed by atoms with van der Waals surface area (Å²) in [5.74, 6) is 1.53. The predicted octanol–water partition coefficient (Wildman–Crippen LogP) is 3.94. The van der Waals surface area contributed by atoms with Crippen molar-refractivity contribution in [3.8, 4) is 0 Å². The second-order valence-corrected chi connectivity index (χ2v) is 5.33. The Morgan fingerprint density at radius 2 is 2.00 bits per heavy atom. The summed E-state index contributed by atoms with van der Waals surface area (Å²) in [6.07, 6.45) is 2.37. The molecule has 0 bridgehead atoms. The minimum atomic E-state index is -0.154. The average Bonchev–Trinajstić information content (AvgIpc) is 2.34. The molecule has 17 heavy (non-hydrogen) atoms. The van der Waals surface area contributed by atoms with Crippen molar-refractivity contribution < 1.29 is 4.39 Å². The maximum atomic E-state index is 13.0. The van der Waals surface area contributed by atoms with E-state index in [1.807, 2.05) is 13.1 Å². The zero-order valence-corrected chi connectivity index (χ0v) is 11.7. The zero-order chi connectivity index (χ0) is 12.7. The van der Waals surface area contributed by atoms with Gasteiger partial charge in [0.2, 0.25) is 0 Å². The molecule has 96 valence electrons. The van der Waals surface area contributed by atoms with E-state index in [0.29, 0.717) is 12.0 Å². The van der Waals surface area contributed by atoms with E-state index in [1.54, 1.807) is 23.9 Å². The van der Waals surface area contributed by atoms with Crippen LogP contribution in [0.4, 0.5) is 4.39 Å². The van der Waals surface area contributed by atoms with Gasteiger partial charge in [-0.25, -0.2) is 4.39 Å². The van der Waals surface area contributed by atoms with Crippen molar-refractivity contribution in [3.63, 3.8) is 0 Å². The van der Waals surface area contributed by atoms with Gasteiger partial charge >= 0.3 is 0 Å². The normalized spacial score (nSPS) is 13.0. The Morgan fingerprint density at radius 3 is 2.53 bits per heavy atom. The van der Waals surface area contributed by atoms with E-state index in [1.165, 1.54) is 18.9 Å². The first-order chi connectivity index (χ1) is 8.21. The van der Waals surface area contributed by atoms with Gasteiger partial charge in [0.1, 0.15) is 5.82 Å². The lowest BCUT2D eigenvalue weighted by Gasteiger charge is -2.24. The first-order valence-corrected chi connectivity index (χ1v) is 7.25. The van der Waals surface area contributed by atoms with E-state index in [4.69, 9.17) is 0 Å². The molecule has 0 spiro atoms. The summed E-state index contributed by atoms with van der Waals surface area (Å²) in [5.41, 5.74) is 0. The van der Waals surface area contributed by atoms with Gasteiger partial charge in [0.15, 0.2) is 0 Å². The van der Waals surface area contributed by atoms with Gasteiger partial charge in [0.05, 0.1) is 0 Å². The highest BCUT2D eigenvalue weighted by Crippen LogP contribution is 2.23. The number of halogens is 1. The summed E-state index contributed by atoms with van der Waals surface area (Å²) in [6, 6.07) is 7.32. The van der Waals surface area contributed by atoms with Crippen molar-refractivity contribution in [1.29, 1.82) is 0 Å². The van der Waals surface area contributed by atoms with Crippen LogP contribution in [0.3, 0.4) is 0 Å². The molecule has 1 N–H and O–H groups in total. The molecule has 0 aliphatic heterocycles. The van der Waals surface area contributed by atoms with Crippen LogP contribution in [-0.2, 0) is 0 Å². The average molecular weight is 255 g/mol. The van der Waals surface area contributed by atoms with Crippen LogP contribution in [0.25, 0.3) is 0 Å². The first kappa shape index (κ1) is 14.5. The van der Waals surface area contributed by atoms with E-state index in [0.717, 1.165) is 10.6 Å². The summed E-state index contributed by atoms with van der Waals surface area (Å²) >= 11 is 1.72. The molecule has 0 aliphatic rings. The largest absolute Gasteiger partial charge is 0.316 e. The van der Waals surface area contributed by atoms with Crippen molar-refractivity contribution in [1.82, 2.24) is 5.32 Å². The lowest BCUT2D eigenvalue weighted by molar-refractivity contribution is 0.378. The Balaban J connectivity index is 2.52. The molecular weight excluding hydrogens is 233 g/mol. The van der Waals surface area contributed by atoms with Crippen molar-refractivity contribution in [3.05, 3.63) is 30.1 Å². The first-order valence-electron chi connectivity index (χ1n) is 6.26. The highest BCUT2D eigenvalue weighted by atomic mass is 32.2. The van der Waals surface area contributed by atoms with Gasteiger partial charge in [0.25, 0.3) is 0 Å². The fraction of sp³-hybridized carbons (Fsp3) is 0.571. The van der Waals surface area contributed by atoms with Crippen LogP contribution in [0.2, 0.25) is 0 Å². The van der Waals surface area contributed by atoms with Crippen LogP contribution in [-0.4, -0.2) is 18.8 Å². The van der Waals surface area contributed by atoms with Crippen LogP contribution in [0.5, 0.6) is 0 Å². The van der Waals surface area contributed by atoms with Gasteiger partial charge in [-0.1, -0.05) is 32.8 Å². The van der Waals surface area contributed by atoms with Crippen molar-refractivity contribution in [2.45, 2.75) is 37.6 Å². The molecule has 0 aromatic heterocycles. The predicted molar refractivity (Wildman–Crippen MR) is 74.0 cm³/mol. The molecule has 1 atom stereocenters. The smallest absolute Gasteiger partial charge is 0.124 e. The third kappa shape index (κ3) is 4.68. The standard InChI is InChI=1S/C14H22FNS/c1-4-11(5-2)14(16-3)10-17-13-8-6-7-12(15)9-13/h6-9,11,14,16H,4-5,10H2,1-3H3. The van der Waals surface area contributed by atoms with Crippen LogP contribution in [0.1, 0.15) is 26.7 Å².